The molecular weight excluding hydrogens is 156 g/mol. The largest absolute Gasteiger partial charge is 0.0870 e. The van der Waals surface area contributed by atoms with Crippen LogP contribution in [0.2, 0.25) is 0 Å². The molecule has 0 aliphatic carbocycles. The lowest BCUT2D eigenvalue weighted by Crippen LogP contribution is -1.76. The van der Waals surface area contributed by atoms with Crippen molar-refractivity contribution in [3.05, 3.63) is 54.1 Å². The van der Waals surface area contributed by atoms with Gasteiger partial charge in [-0.1, -0.05) is 54.6 Å². The molecule has 2 rings (SSSR count). The third-order valence-electron chi connectivity index (χ3n) is 2.17. The SMILES string of the molecule is C/C=C\c1cccc2ccccc12. The number of benzene rings is 2. The van der Waals surface area contributed by atoms with Gasteiger partial charge in [-0.3, -0.25) is 0 Å². The number of fused-ring (bicyclic) bond motifs is 1. The van der Waals surface area contributed by atoms with Gasteiger partial charge in [0, 0.05) is 0 Å². The summed E-state index contributed by atoms with van der Waals surface area (Å²) in [5.41, 5.74) is 1.29. The first-order valence-corrected chi connectivity index (χ1v) is 4.52. The predicted octanol–water partition coefficient (Wildman–Crippen LogP) is 3.87. The number of allylic oxidation sites excluding steroid dienone is 1. The summed E-state index contributed by atoms with van der Waals surface area (Å²) in [6, 6.07) is 14.8. The molecule has 0 spiro atoms. The van der Waals surface area contributed by atoms with E-state index in [4.69, 9.17) is 0 Å². The molecule has 0 heteroatoms. The van der Waals surface area contributed by atoms with Crippen LogP contribution in [0.25, 0.3) is 16.8 Å². The van der Waals surface area contributed by atoms with Crippen molar-refractivity contribution in [1.82, 2.24) is 0 Å². The van der Waals surface area contributed by atoms with Crippen molar-refractivity contribution in [2.45, 2.75) is 6.92 Å². The van der Waals surface area contributed by atoms with Gasteiger partial charge in [0.15, 0.2) is 0 Å². The van der Waals surface area contributed by atoms with Crippen LogP contribution in [0.3, 0.4) is 0 Å². The van der Waals surface area contributed by atoms with Crippen molar-refractivity contribution in [1.29, 1.82) is 0 Å². The molecule has 0 aromatic heterocycles. The molecule has 2 aromatic carbocycles. The van der Waals surface area contributed by atoms with Crippen molar-refractivity contribution in [2.24, 2.45) is 0 Å². The topological polar surface area (TPSA) is 0 Å². The molecule has 0 unspecified atom stereocenters. The summed E-state index contributed by atoms with van der Waals surface area (Å²) in [6.07, 6.45) is 4.21. The van der Waals surface area contributed by atoms with Gasteiger partial charge >= 0.3 is 0 Å². The third-order valence-corrected chi connectivity index (χ3v) is 2.17. The summed E-state index contributed by atoms with van der Waals surface area (Å²) in [5, 5.41) is 2.63. The van der Waals surface area contributed by atoms with Crippen molar-refractivity contribution >= 4 is 16.8 Å². The Labute approximate surface area is 78.5 Å². The maximum absolute atomic E-state index is 2.16. The monoisotopic (exact) mass is 168 g/mol. The normalized spacial score (nSPS) is 11.2. The van der Waals surface area contributed by atoms with Crippen LogP contribution in [0.4, 0.5) is 0 Å². The Balaban J connectivity index is 2.75. The van der Waals surface area contributed by atoms with Gasteiger partial charge in [-0.2, -0.15) is 0 Å². The number of rotatable bonds is 1. The molecule has 0 radical (unpaired) electrons. The highest BCUT2D eigenvalue weighted by atomic mass is 14.0. The maximum atomic E-state index is 2.16. The molecule has 0 fully saturated rings. The molecule has 0 N–H and O–H groups in total. The van der Waals surface area contributed by atoms with Gasteiger partial charge in [0.25, 0.3) is 0 Å². The lowest BCUT2D eigenvalue weighted by atomic mass is 10.0. The first kappa shape index (κ1) is 8.06. The summed E-state index contributed by atoms with van der Waals surface area (Å²) >= 11 is 0. The standard InChI is InChI=1S/C13H12/c1-2-6-11-8-5-9-12-7-3-4-10-13(11)12/h2-10H,1H3/b6-2-. The van der Waals surface area contributed by atoms with E-state index >= 15 is 0 Å². The van der Waals surface area contributed by atoms with Gasteiger partial charge in [0.05, 0.1) is 0 Å². The quantitative estimate of drug-likeness (QED) is 0.606. The first-order chi connectivity index (χ1) is 6.42. The van der Waals surface area contributed by atoms with Crippen molar-refractivity contribution in [2.75, 3.05) is 0 Å². The van der Waals surface area contributed by atoms with Gasteiger partial charge < -0.3 is 0 Å². The Bertz CT molecular complexity index is 433. The Kier molecular flexibility index (Phi) is 2.13. The van der Waals surface area contributed by atoms with Gasteiger partial charge in [0.1, 0.15) is 0 Å². The van der Waals surface area contributed by atoms with E-state index in [0.717, 1.165) is 0 Å². The molecule has 0 amide bonds. The summed E-state index contributed by atoms with van der Waals surface area (Å²) in [4.78, 5) is 0. The van der Waals surface area contributed by atoms with Crippen molar-refractivity contribution in [3.8, 4) is 0 Å². The van der Waals surface area contributed by atoms with E-state index < -0.39 is 0 Å². The lowest BCUT2D eigenvalue weighted by Gasteiger charge is -2.00. The highest BCUT2D eigenvalue weighted by Crippen LogP contribution is 2.19. The van der Waals surface area contributed by atoms with Crippen molar-refractivity contribution < 1.29 is 0 Å². The second-order valence-electron chi connectivity index (χ2n) is 3.07. The highest BCUT2D eigenvalue weighted by Gasteiger charge is 1.94. The van der Waals surface area contributed by atoms with Crippen LogP contribution >= 0.6 is 0 Å². The van der Waals surface area contributed by atoms with E-state index in [9.17, 15) is 0 Å². The second-order valence-corrected chi connectivity index (χ2v) is 3.07. The van der Waals surface area contributed by atoms with Gasteiger partial charge in [-0.05, 0) is 23.3 Å². The molecule has 2 aromatic rings. The van der Waals surface area contributed by atoms with Crippen LogP contribution in [0.5, 0.6) is 0 Å². The minimum Gasteiger partial charge on any atom is -0.0870 e. The van der Waals surface area contributed by atoms with E-state index in [1.807, 2.05) is 6.92 Å². The van der Waals surface area contributed by atoms with Crippen LogP contribution in [0.15, 0.2) is 48.5 Å². The maximum Gasteiger partial charge on any atom is -0.0112 e. The molecule has 0 heterocycles. The zero-order valence-corrected chi connectivity index (χ0v) is 7.70. The first-order valence-electron chi connectivity index (χ1n) is 4.52. The Hall–Kier alpha value is -1.56. The second kappa shape index (κ2) is 3.44. The van der Waals surface area contributed by atoms with Crippen LogP contribution in [-0.4, -0.2) is 0 Å². The van der Waals surface area contributed by atoms with E-state index in [1.54, 1.807) is 0 Å². The fraction of sp³-hybridized carbons (Fsp3) is 0.0769. The zero-order valence-electron chi connectivity index (χ0n) is 7.70. The number of hydrogen-bond acceptors (Lipinski definition) is 0. The molecule has 0 saturated heterocycles. The van der Waals surface area contributed by atoms with E-state index in [1.165, 1.54) is 16.3 Å². The fourth-order valence-electron chi connectivity index (χ4n) is 1.58. The molecule has 0 aliphatic heterocycles. The predicted molar refractivity (Wildman–Crippen MR) is 58.7 cm³/mol. The van der Waals surface area contributed by atoms with Gasteiger partial charge in [-0.15, -0.1) is 0 Å². The van der Waals surface area contributed by atoms with Gasteiger partial charge in [-0.25, -0.2) is 0 Å². The molecule has 0 nitrogen and oxygen atoms in total. The molecule has 64 valence electrons. The average Bonchev–Trinajstić information content (AvgIpc) is 2.19. The molecule has 13 heavy (non-hydrogen) atoms. The van der Waals surface area contributed by atoms with E-state index in [-0.39, 0.29) is 0 Å². The van der Waals surface area contributed by atoms with Crippen molar-refractivity contribution in [3.63, 3.8) is 0 Å². The Morgan fingerprint density at radius 1 is 0.923 bits per heavy atom. The summed E-state index contributed by atoms with van der Waals surface area (Å²) < 4.78 is 0. The van der Waals surface area contributed by atoms with Crippen LogP contribution in [0, 0.1) is 0 Å². The lowest BCUT2D eigenvalue weighted by molar-refractivity contribution is 1.69. The zero-order chi connectivity index (χ0) is 9.10. The molecule has 0 atom stereocenters. The van der Waals surface area contributed by atoms with Crippen LogP contribution in [0.1, 0.15) is 12.5 Å². The molecular formula is C13H12. The summed E-state index contributed by atoms with van der Waals surface area (Å²) in [7, 11) is 0. The van der Waals surface area contributed by atoms with E-state index in [0.29, 0.717) is 0 Å². The van der Waals surface area contributed by atoms with E-state index in [2.05, 4.69) is 54.6 Å². The fourth-order valence-corrected chi connectivity index (χ4v) is 1.58. The Morgan fingerprint density at radius 2 is 1.69 bits per heavy atom. The van der Waals surface area contributed by atoms with Crippen LogP contribution in [-0.2, 0) is 0 Å². The molecule has 0 aliphatic rings. The Morgan fingerprint density at radius 3 is 2.54 bits per heavy atom. The molecule has 0 bridgehead atoms. The number of hydrogen-bond donors (Lipinski definition) is 0. The third kappa shape index (κ3) is 1.48. The summed E-state index contributed by atoms with van der Waals surface area (Å²) in [6.45, 7) is 2.04. The van der Waals surface area contributed by atoms with Gasteiger partial charge in [0.2, 0.25) is 0 Å². The molecule has 0 saturated carbocycles. The van der Waals surface area contributed by atoms with Crippen LogP contribution < -0.4 is 0 Å². The smallest absolute Gasteiger partial charge is 0.0112 e. The highest BCUT2D eigenvalue weighted by molar-refractivity contribution is 5.90. The minimum absolute atomic E-state index is 1.29. The minimum atomic E-state index is 1.29. The summed E-state index contributed by atoms with van der Waals surface area (Å²) in [5.74, 6) is 0. The average molecular weight is 168 g/mol.